The molecule has 4 heteroatoms. The number of amides is 1. The Balaban J connectivity index is 1.86. The third-order valence-electron chi connectivity index (χ3n) is 2.59. The van der Waals surface area contributed by atoms with E-state index in [1.165, 1.54) is 6.21 Å². The second kappa shape index (κ2) is 6.89. The standard InChI is InChI=1S/C16H15N3O/c17-15-10-8-14(9-11-15)16(20)19-18-12-4-7-13-5-2-1-3-6-13/h1-12H,17H2,(H,19,20)/b7-4-,18-12-. The van der Waals surface area contributed by atoms with Gasteiger partial charge in [0.2, 0.25) is 0 Å². The molecule has 0 aliphatic carbocycles. The number of nitrogen functional groups attached to an aromatic ring is 1. The summed E-state index contributed by atoms with van der Waals surface area (Å²) in [5, 5.41) is 3.84. The molecule has 2 aromatic rings. The number of carbonyl (C=O) groups excluding carboxylic acids is 1. The molecule has 4 nitrogen and oxygen atoms in total. The Morgan fingerprint density at radius 2 is 1.75 bits per heavy atom. The number of nitrogens with two attached hydrogens (primary N) is 1. The summed E-state index contributed by atoms with van der Waals surface area (Å²) in [6.45, 7) is 0. The van der Waals surface area contributed by atoms with Crippen LogP contribution in [0.2, 0.25) is 0 Å². The number of carbonyl (C=O) groups is 1. The van der Waals surface area contributed by atoms with Crippen molar-refractivity contribution in [3.05, 3.63) is 71.8 Å². The van der Waals surface area contributed by atoms with Crippen molar-refractivity contribution < 1.29 is 4.79 Å². The van der Waals surface area contributed by atoms with Crippen molar-refractivity contribution in [2.75, 3.05) is 5.73 Å². The van der Waals surface area contributed by atoms with Gasteiger partial charge in [-0.15, -0.1) is 0 Å². The molecule has 0 aromatic heterocycles. The van der Waals surface area contributed by atoms with E-state index in [4.69, 9.17) is 5.73 Å². The lowest BCUT2D eigenvalue weighted by molar-refractivity contribution is 0.0955. The van der Waals surface area contributed by atoms with Gasteiger partial charge in [0.15, 0.2) is 0 Å². The smallest absolute Gasteiger partial charge is 0.271 e. The molecule has 2 aromatic carbocycles. The molecule has 0 atom stereocenters. The van der Waals surface area contributed by atoms with Crippen LogP contribution in [0.1, 0.15) is 15.9 Å². The lowest BCUT2D eigenvalue weighted by atomic mass is 10.2. The maximum absolute atomic E-state index is 11.7. The Morgan fingerprint density at radius 3 is 2.45 bits per heavy atom. The summed E-state index contributed by atoms with van der Waals surface area (Å²) >= 11 is 0. The Morgan fingerprint density at radius 1 is 1.05 bits per heavy atom. The van der Waals surface area contributed by atoms with Gasteiger partial charge < -0.3 is 5.73 Å². The topological polar surface area (TPSA) is 67.5 Å². The molecule has 0 saturated carbocycles. The van der Waals surface area contributed by atoms with Gasteiger partial charge >= 0.3 is 0 Å². The Bertz CT molecular complexity index is 616. The summed E-state index contributed by atoms with van der Waals surface area (Å²) in [5.41, 5.74) is 10.2. The second-order valence-electron chi connectivity index (χ2n) is 4.11. The van der Waals surface area contributed by atoms with Crippen LogP contribution in [0, 0.1) is 0 Å². The second-order valence-corrected chi connectivity index (χ2v) is 4.11. The predicted molar refractivity (Wildman–Crippen MR) is 82.3 cm³/mol. The van der Waals surface area contributed by atoms with Crippen molar-refractivity contribution in [3.63, 3.8) is 0 Å². The maximum atomic E-state index is 11.7. The number of hydrazone groups is 1. The third kappa shape index (κ3) is 4.10. The van der Waals surface area contributed by atoms with Gasteiger partial charge in [-0.1, -0.05) is 36.4 Å². The molecule has 100 valence electrons. The zero-order valence-corrected chi connectivity index (χ0v) is 10.9. The van der Waals surface area contributed by atoms with Crippen molar-refractivity contribution >= 4 is 23.9 Å². The Kier molecular flexibility index (Phi) is 4.67. The van der Waals surface area contributed by atoms with Crippen LogP contribution in [0.5, 0.6) is 0 Å². The Labute approximate surface area is 117 Å². The minimum absolute atomic E-state index is 0.269. The molecule has 0 spiro atoms. The number of allylic oxidation sites excluding steroid dienone is 1. The molecule has 3 N–H and O–H groups in total. The van der Waals surface area contributed by atoms with E-state index in [0.717, 1.165) is 5.56 Å². The first-order valence-electron chi connectivity index (χ1n) is 6.16. The normalized spacial score (nSPS) is 11.0. The van der Waals surface area contributed by atoms with Gasteiger partial charge in [0.25, 0.3) is 5.91 Å². The Hall–Kier alpha value is -2.88. The molecule has 20 heavy (non-hydrogen) atoms. The average Bonchev–Trinajstić information content (AvgIpc) is 2.48. The average molecular weight is 265 g/mol. The van der Waals surface area contributed by atoms with Gasteiger partial charge in [-0.3, -0.25) is 4.79 Å². The van der Waals surface area contributed by atoms with E-state index in [-0.39, 0.29) is 5.91 Å². The highest BCUT2D eigenvalue weighted by molar-refractivity contribution is 5.95. The number of nitrogens with one attached hydrogen (secondary N) is 1. The lowest BCUT2D eigenvalue weighted by Gasteiger charge is -1.99. The van der Waals surface area contributed by atoms with E-state index in [0.29, 0.717) is 11.3 Å². The van der Waals surface area contributed by atoms with Crippen LogP contribution in [0.3, 0.4) is 0 Å². The van der Waals surface area contributed by atoms with Gasteiger partial charge in [0, 0.05) is 17.5 Å². The summed E-state index contributed by atoms with van der Waals surface area (Å²) in [6.07, 6.45) is 5.19. The fraction of sp³-hybridized carbons (Fsp3) is 0. The zero-order chi connectivity index (χ0) is 14.2. The number of hydrogen-bond donors (Lipinski definition) is 2. The van der Waals surface area contributed by atoms with Crippen LogP contribution in [-0.4, -0.2) is 12.1 Å². The van der Waals surface area contributed by atoms with Crippen LogP contribution < -0.4 is 11.2 Å². The number of anilines is 1. The molecule has 0 aliphatic heterocycles. The third-order valence-corrected chi connectivity index (χ3v) is 2.59. The largest absolute Gasteiger partial charge is 0.399 e. The van der Waals surface area contributed by atoms with Crippen molar-refractivity contribution in [2.24, 2.45) is 5.10 Å². The minimum atomic E-state index is -0.269. The number of nitrogens with zero attached hydrogens (tertiary/aromatic N) is 1. The number of rotatable bonds is 4. The van der Waals surface area contributed by atoms with Crippen LogP contribution in [-0.2, 0) is 0 Å². The van der Waals surface area contributed by atoms with Crippen LogP contribution in [0.25, 0.3) is 6.08 Å². The highest BCUT2D eigenvalue weighted by Gasteiger charge is 2.02. The minimum Gasteiger partial charge on any atom is -0.399 e. The molecule has 0 fully saturated rings. The highest BCUT2D eigenvalue weighted by atomic mass is 16.2. The summed E-state index contributed by atoms with van der Waals surface area (Å²) < 4.78 is 0. The van der Waals surface area contributed by atoms with E-state index in [1.807, 2.05) is 36.4 Å². The summed E-state index contributed by atoms with van der Waals surface area (Å²) in [7, 11) is 0. The predicted octanol–water partition coefficient (Wildman–Crippen LogP) is 2.70. The van der Waals surface area contributed by atoms with Crippen LogP contribution in [0.4, 0.5) is 5.69 Å². The first kappa shape index (κ1) is 13.5. The molecule has 0 saturated heterocycles. The van der Waals surface area contributed by atoms with Crippen LogP contribution in [0.15, 0.2) is 65.8 Å². The monoisotopic (exact) mass is 265 g/mol. The van der Waals surface area contributed by atoms with E-state index in [9.17, 15) is 4.79 Å². The summed E-state index contributed by atoms with van der Waals surface area (Å²) in [5.74, 6) is -0.269. The summed E-state index contributed by atoms with van der Waals surface area (Å²) in [6, 6.07) is 16.5. The van der Waals surface area contributed by atoms with Gasteiger partial charge in [-0.25, -0.2) is 5.43 Å². The van der Waals surface area contributed by atoms with Crippen LogP contribution >= 0.6 is 0 Å². The van der Waals surface area contributed by atoms with E-state index >= 15 is 0 Å². The van der Waals surface area contributed by atoms with Gasteiger partial charge in [0.05, 0.1) is 0 Å². The fourth-order valence-corrected chi connectivity index (χ4v) is 1.56. The highest BCUT2D eigenvalue weighted by Crippen LogP contribution is 2.05. The first-order valence-corrected chi connectivity index (χ1v) is 6.16. The van der Waals surface area contributed by atoms with E-state index in [1.54, 1.807) is 30.3 Å². The molecule has 1 amide bonds. The van der Waals surface area contributed by atoms with Crippen molar-refractivity contribution in [2.45, 2.75) is 0 Å². The molecule has 0 aliphatic rings. The van der Waals surface area contributed by atoms with E-state index < -0.39 is 0 Å². The zero-order valence-electron chi connectivity index (χ0n) is 10.9. The molecule has 0 unspecified atom stereocenters. The van der Waals surface area contributed by atoms with Gasteiger partial charge in [0.1, 0.15) is 0 Å². The maximum Gasteiger partial charge on any atom is 0.271 e. The molecular weight excluding hydrogens is 250 g/mol. The molecule has 2 rings (SSSR count). The molecular formula is C16H15N3O. The molecule has 0 radical (unpaired) electrons. The fourth-order valence-electron chi connectivity index (χ4n) is 1.56. The van der Waals surface area contributed by atoms with Gasteiger partial charge in [-0.05, 0) is 35.9 Å². The quantitative estimate of drug-likeness (QED) is 0.507. The first-order chi connectivity index (χ1) is 9.75. The van der Waals surface area contributed by atoms with Crippen molar-refractivity contribution in [1.29, 1.82) is 0 Å². The van der Waals surface area contributed by atoms with Crippen molar-refractivity contribution in [3.8, 4) is 0 Å². The van der Waals surface area contributed by atoms with Crippen molar-refractivity contribution in [1.82, 2.24) is 5.43 Å². The number of hydrogen-bond acceptors (Lipinski definition) is 3. The van der Waals surface area contributed by atoms with E-state index in [2.05, 4.69) is 10.5 Å². The lowest BCUT2D eigenvalue weighted by Crippen LogP contribution is -2.17. The summed E-state index contributed by atoms with van der Waals surface area (Å²) in [4.78, 5) is 11.7. The SMILES string of the molecule is Nc1ccc(C(=O)N/N=C\C=C/c2ccccc2)cc1. The van der Waals surface area contributed by atoms with Gasteiger partial charge in [-0.2, -0.15) is 5.10 Å². The molecule has 0 heterocycles. The molecule has 0 bridgehead atoms. The number of benzene rings is 2.